The SMILES string of the molecule is CCOc1ccc2c(ccn2CCCCCCO)c1. The average molecular weight is 261 g/mol. The van der Waals surface area contributed by atoms with Crippen LogP contribution in [0.2, 0.25) is 0 Å². The lowest BCUT2D eigenvalue weighted by Gasteiger charge is -2.07. The molecule has 0 radical (unpaired) electrons. The van der Waals surface area contributed by atoms with Crippen molar-refractivity contribution in [2.75, 3.05) is 13.2 Å². The number of hydrogen-bond donors (Lipinski definition) is 1. The number of nitrogens with zero attached hydrogens (tertiary/aromatic N) is 1. The highest BCUT2D eigenvalue weighted by Gasteiger charge is 2.02. The first-order chi connectivity index (χ1) is 9.35. The van der Waals surface area contributed by atoms with E-state index < -0.39 is 0 Å². The molecule has 0 aliphatic carbocycles. The maximum atomic E-state index is 8.74. The Morgan fingerprint density at radius 2 is 1.95 bits per heavy atom. The van der Waals surface area contributed by atoms with Gasteiger partial charge in [0.1, 0.15) is 5.75 Å². The van der Waals surface area contributed by atoms with Gasteiger partial charge in [0, 0.05) is 30.3 Å². The second-order valence-corrected chi connectivity index (χ2v) is 4.80. The van der Waals surface area contributed by atoms with Crippen molar-refractivity contribution in [3.63, 3.8) is 0 Å². The highest BCUT2D eigenvalue weighted by atomic mass is 16.5. The Hall–Kier alpha value is -1.48. The third kappa shape index (κ3) is 3.74. The number of unbranched alkanes of at least 4 members (excludes halogenated alkanes) is 3. The minimum absolute atomic E-state index is 0.312. The van der Waals surface area contributed by atoms with E-state index in [1.54, 1.807) is 0 Å². The molecule has 0 aliphatic rings. The molecule has 0 saturated heterocycles. The Morgan fingerprint density at radius 1 is 1.11 bits per heavy atom. The van der Waals surface area contributed by atoms with Gasteiger partial charge in [0.05, 0.1) is 6.61 Å². The molecule has 0 bridgehead atoms. The van der Waals surface area contributed by atoms with Gasteiger partial charge in [-0.2, -0.15) is 0 Å². The van der Waals surface area contributed by atoms with Crippen molar-refractivity contribution in [2.45, 2.75) is 39.2 Å². The van der Waals surface area contributed by atoms with Gasteiger partial charge in [-0.3, -0.25) is 0 Å². The van der Waals surface area contributed by atoms with Gasteiger partial charge in [-0.25, -0.2) is 0 Å². The molecular formula is C16H23NO2. The van der Waals surface area contributed by atoms with Crippen molar-refractivity contribution in [1.82, 2.24) is 4.57 Å². The molecule has 1 aromatic carbocycles. The van der Waals surface area contributed by atoms with Crippen molar-refractivity contribution in [1.29, 1.82) is 0 Å². The second-order valence-electron chi connectivity index (χ2n) is 4.80. The van der Waals surface area contributed by atoms with Gasteiger partial charge in [0.15, 0.2) is 0 Å². The molecule has 3 nitrogen and oxygen atoms in total. The first kappa shape index (κ1) is 13.9. The molecule has 3 heteroatoms. The van der Waals surface area contributed by atoms with E-state index in [1.165, 1.54) is 17.3 Å². The number of hydrogen-bond acceptors (Lipinski definition) is 2. The van der Waals surface area contributed by atoms with Crippen LogP contribution in [-0.2, 0) is 6.54 Å². The van der Waals surface area contributed by atoms with Crippen LogP contribution < -0.4 is 4.74 Å². The molecule has 2 rings (SSSR count). The molecule has 0 atom stereocenters. The summed E-state index contributed by atoms with van der Waals surface area (Å²) in [7, 11) is 0. The third-order valence-electron chi connectivity index (χ3n) is 3.36. The monoisotopic (exact) mass is 261 g/mol. The van der Waals surface area contributed by atoms with Crippen molar-refractivity contribution in [3.05, 3.63) is 30.5 Å². The molecule has 0 unspecified atom stereocenters. The van der Waals surface area contributed by atoms with Crippen LogP contribution in [0, 0.1) is 0 Å². The van der Waals surface area contributed by atoms with E-state index in [2.05, 4.69) is 29.0 Å². The predicted molar refractivity (Wildman–Crippen MR) is 78.7 cm³/mol. The highest BCUT2D eigenvalue weighted by molar-refractivity contribution is 5.81. The molecule has 0 saturated carbocycles. The lowest BCUT2D eigenvalue weighted by Crippen LogP contribution is -1.96. The van der Waals surface area contributed by atoms with E-state index in [4.69, 9.17) is 9.84 Å². The molecule has 104 valence electrons. The molecule has 0 amide bonds. The number of aryl methyl sites for hydroxylation is 1. The van der Waals surface area contributed by atoms with Gasteiger partial charge in [-0.05, 0) is 44.0 Å². The fourth-order valence-corrected chi connectivity index (χ4v) is 2.38. The quantitative estimate of drug-likeness (QED) is 0.737. The van der Waals surface area contributed by atoms with Crippen LogP contribution in [0.1, 0.15) is 32.6 Å². The third-order valence-corrected chi connectivity index (χ3v) is 3.36. The molecule has 1 heterocycles. The van der Waals surface area contributed by atoms with Crippen LogP contribution in [-0.4, -0.2) is 22.9 Å². The fourth-order valence-electron chi connectivity index (χ4n) is 2.38. The number of aliphatic hydroxyl groups excluding tert-OH is 1. The molecule has 1 N–H and O–H groups in total. The number of aliphatic hydroxyl groups is 1. The Morgan fingerprint density at radius 3 is 2.74 bits per heavy atom. The highest BCUT2D eigenvalue weighted by Crippen LogP contribution is 2.22. The number of ether oxygens (including phenoxy) is 1. The number of fused-ring (bicyclic) bond motifs is 1. The molecule has 0 spiro atoms. The predicted octanol–water partition coefficient (Wildman–Crippen LogP) is 3.59. The summed E-state index contributed by atoms with van der Waals surface area (Å²) in [6.07, 6.45) is 6.52. The first-order valence-electron chi connectivity index (χ1n) is 7.17. The summed E-state index contributed by atoms with van der Waals surface area (Å²) in [5.74, 6) is 0.940. The minimum Gasteiger partial charge on any atom is -0.494 e. The van der Waals surface area contributed by atoms with E-state index >= 15 is 0 Å². The maximum Gasteiger partial charge on any atom is 0.120 e. The molecule has 0 aliphatic heterocycles. The largest absolute Gasteiger partial charge is 0.494 e. The Kier molecular flexibility index (Phi) is 5.28. The summed E-state index contributed by atoms with van der Waals surface area (Å²) >= 11 is 0. The summed E-state index contributed by atoms with van der Waals surface area (Å²) in [5.41, 5.74) is 1.27. The van der Waals surface area contributed by atoms with Crippen molar-refractivity contribution >= 4 is 10.9 Å². The van der Waals surface area contributed by atoms with Crippen molar-refractivity contribution in [3.8, 4) is 5.75 Å². The van der Waals surface area contributed by atoms with Crippen molar-refractivity contribution in [2.24, 2.45) is 0 Å². The summed E-state index contributed by atoms with van der Waals surface area (Å²) in [6, 6.07) is 8.41. The van der Waals surface area contributed by atoms with E-state index in [-0.39, 0.29) is 0 Å². The van der Waals surface area contributed by atoms with Gasteiger partial charge in [-0.15, -0.1) is 0 Å². The zero-order valence-electron chi connectivity index (χ0n) is 11.6. The Labute approximate surface area is 114 Å². The van der Waals surface area contributed by atoms with E-state index in [0.717, 1.165) is 31.6 Å². The maximum absolute atomic E-state index is 8.74. The van der Waals surface area contributed by atoms with Gasteiger partial charge < -0.3 is 14.4 Å². The normalized spacial score (nSPS) is 11.1. The van der Waals surface area contributed by atoms with Crippen LogP contribution in [0.3, 0.4) is 0 Å². The summed E-state index contributed by atoms with van der Waals surface area (Å²) < 4.78 is 7.81. The Balaban J connectivity index is 1.96. The average Bonchev–Trinajstić information content (AvgIpc) is 2.82. The fraction of sp³-hybridized carbons (Fsp3) is 0.500. The van der Waals surface area contributed by atoms with Gasteiger partial charge >= 0.3 is 0 Å². The van der Waals surface area contributed by atoms with Crippen LogP contribution >= 0.6 is 0 Å². The minimum atomic E-state index is 0.312. The second kappa shape index (κ2) is 7.19. The van der Waals surface area contributed by atoms with Crippen LogP contribution in [0.5, 0.6) is 5.75 Å². The van der Waals surface area contributed by atoms with E-state index in [0.29, 0.717) is 13.2 Å². The topological polar surface area (TPSA) is 34.4 Å². The van der Waals surface area contributed by atoms with E-state index in [9.17, 15) is 0 Å². The van der Waals surface area contributed by atoms with Gasteiger partial charge in [0.2, 0.25) is 0 Å². The molecule has 1 aromatic heterocycles. The van der Waals surface area contributed by atoms with Gasteiger partial charge in [-0.1, -0.05) is 12.8 Å². The molecular weight excluding hydrogens is 238 g/mol. The van der Waals surface area contributed by atoms with Crippen LogP contribution in [0.15, 0.2) is 30.5 Å². The lowest BCUT2D eigenvalue weighted by atomic mass is 10.2. The van der Waals surface area contributed by atoms with Crippen LogP contribution in [0.25, 0.3) is 10.9 Å². The van der Waals surface area contributed by atoms with Gasteiger partial charge in [0.25, 0.3) is 0 Å². The van der Waals surface area contributed by atoms with Crippen LogP contribution in [0.4, 0.5) is 0 Å². The zero-order valence-corrected chi connectivity index (χ0v) is 11.6. The molecule has 19 heavy (non-hydrogen) atoms. The van der Waals surface area contributed by atoms with Crippen molar-refractivity contribution < 1.29 is 9.84 Å². The number of aromatic nitrogens is 1. The summed E-state index contributed by atoms with van der Waals surface area (Å²) in [5, 5.41) is 9.98. The lowest BCUT2D eigenvalue weighted by molar-refractivity contribution is 0.282. The summed E-state index contributed by atoms with van der Waals surface area (Å²) in [4.78, 5) is 0. The smallest absolute Gasteiger partial charge is 0.120 e. The number of benzene rings is 1. The van der Waals surface area contributed by atoms with E-state index in [1.807, 2.05) is 13.0 Å². The summed E-state index contributed by atoms with van der Waals surface area (Å²) in [6.45, 7) is 4.06. The number of rotatable bonds is 8. The first-order valence-corrected chi connectivity index (χ1v) is 7.17. The molecule has 2 aromatic rings. The zero-order chi connectivity index (χ0) is 13.5. The molecule has 0 fully saturated rings. The standard InChI is InChI=1S/C16H23NO2/c1-2-19-15-7-8-16-14(13-15)9-11-17(16)10-5-3-4-6-12-18/h7-9,11,13,18H,2-6,10,12H2,1H3. The Bertz CT molecular complexity index is 504.